The number of nitrogens with two attached hydrogens (primary N) is 1. The van der Waals surface area contributed by atoms with E-state index in [-0.39, 0.29) is 11.6 Å². The minimum Gasteiger partial charge on any atom is -0.366 e. The summed E-state index contributed by atoms with van der Waals surface area (Å²) in [5.41, 5.74) is 7.62. The Labute approximate surface area is 150 Å². The van der Waals surface area contributed by atoms with Crippen molar-refractivity contribution in [3.63, 3.8) is 0 Å². The first kappa shape index (κ1) is 18.0. The molecule has 2 atom stereocenters. The quantitative estimate of drug-likeness (QED) is 0.668. The summed E-state index contributed by atoms with van der Waals surface area (Å²) in [7, 11) is 0. The van der Waals surface area contributed by atoms with Crippen LogP contribution in [0.3, 0.4) is 0 Å². The number of nitro groups is 1. The molecule has 2 N–H and O–H groups in total. The Balaban J connectivity index is 1.77. The molecule has 1 amide bonds. The predicted molar refractivity (Wildman–Crippen MR) is 94.7 cm³/mol. The maximum atomic E-state index is 11.7. The van der Waals surface area contributed by atoms with E-state index in [4.69, 9.17) is 15.2 Å². The molecule has 0 radical (unpaired) electrons. The molecule has 3 rings (SSSR count). The van der Waals surface area contributed by atoms with Gasteiger partial charge in [-0.1, -0.05) is 18.2 Å². The van der Waals surface area contributed by atoms with Crippen molar-refractivity contribution in [1.82, 2.24) is 0 Å². The van der Waals surface area contributed by atoms with Crippen molar-refractivity contribution in [2.75, 3.05) is 13.2 Å². The molecule has 2 aromatic carbocycles. The average molecular weight is 356 g/mol. The van der Waals surface area contributed by atoms with Crippen LogP contribution in [0.4, 0.5) is 5.69 Å². The second-order valence-corrected chi connectivity index (χ2v) is 6.18. The van der Waals surface area contributed by atoms with Crippen LogP contribution in [0.5, 0.6) is 0 Å². The number of carbonyl (C=O) groups is 1. The number of carbonyl (C=O) groups excluding carboxylic acids is 1. The smallest absolute Gasteiger partial charge is 0.269 e. The van der Waals surface area contributed by atoms with Crippen LogP contribution in [0.25, 0.3) is 0 Å². The predicted octanol–water partition coefficient (Wildman–Crippen LogP) is 3.30. The highest BCUT2D eigenvalue weighted by molar-refractivity contribution is 5.94. The molecule has 7 nitrogen and oxygen atoms in total. The molecule has 1 saturated heterocycles. The van der Waals surface area contributed by atoms with Crippen LogP contribution in [0.2, 0.25) is 0 Å². The molecule has 1 heterocycles. The van der Waals surface area contributed by atoms with E-state index in [9.17, 15) is 14.9 Å². The van der Waals surface area contributed by atoms with E-state index in [2.05, 4.69) is 0 Å². The Morgan fingerprint density at radius 2 is 1.85 bits per heavy atom. The summed E-state index contributed by atoms with van der Waals surface area (Å²) in [6, 6.07) is 13.4. The van der Waals surface area contributed by atoms with Crippen LogP contribution in [0.1, 0.15) is 46.5 Å². The highest BCUT2D eigenvalue weighted by atomic mass is 16.7. The van der Waals surface area contributed by atoms with E-state index >= 15 is 0 Å². The lowest BCUT2D eigenvalue weighted by Crippen LogP contribution is -2.22. The van der Waals surface area contributed by atoms with Crippen LogP contribution in [0, 0.1) is 10.1 Å². The van der Waals surface area contributed by atoms with Crippen LogP contribution >= 0.6 is 0 Å². The number of primary amides is 1. The van der Waals surface area contributed by atoms with E-state index in [0.29, 0.717) is 18.8 Å². The number of hydrogen-bond acceptors (Lipinski definition) is 5. The molecular formula is C19H20N2O5. The largest absolute Gasteiger partial charge is 0.366 e. The standard InChI is InChI=1S/C19H20N2O5/c20-18(22)17-6-2-1-5-16(17)14-4-3-11-25-19(26-12-14)13-7-9-15(10-8-13)21(23)24/h1-2,5-10,14,19H,3-4,11-12H2,(H2,20,22)/t14-,19-/m0/s1. The summed E-state index contributed by atoms with van der Waals surface area (Å²) in [4.78, 5) is 22.0. The molecule has 0 aromatic heterocycles. The van der Waals surface area contributed by atoms with Crippen molar-refractivity contribution in [3.05, 3.63) is 75.3 Å². The third-order valence-corrected chi connectivity index (χ3v) is 4.46. The summed E-state index contributed by atoms with van der Waals surface area (Å²) in [5.74, 6) is -0.422. The first-order chi connectivity index (χ1) is 12.6. The monoisotopic (exact) mass is 356 g/mol. The minimum atomic E-state index is -0.598. The Morgan fingerprint density at radius 3 is 2.54 bits per heavy atom. The number of benzene rings is 2. The molecule has 0 spiro atoms. The van der Waals surface area contributed by atoms with E-state index in [1.165, 1.54) is 12.1 Å². The fraction of sp³-hybridized carbons (Fsp3) is 0.316. The van der Waals surface area contributed by atoms with Gasteiger partial charge in [0.15, 0.2) is 6.29 Å². The van der Waals surface area contributed by atoms with Gasteiger partial charge in [-0.25, -0.2) is 0 Å². The highest BCUT2D eigenvalue weighted by Crippen LogP contribution is 2.31. The van der Waals surface area contributed by atoms with Gasteiger partial charge in [-0.2, -0.15) is 0 Å². The van der Waals surface area contributed by atoms with E-state index in [1.54, 1.807) is 24.3 Å². The van der Waals surface area contributed by atoms with Crippen LogP contribution in [-0.4, -0.2) is 24.0 Å². The molecule has 136 valence electrons. The molecule has 7 heteroatoms. The zero-order valence-electron chi connectivity index (χ0n) is 14.2. The lowest BCUT2D eigenvalue weighted by molar-refractivity contribution is -0.384. The number of amides is 1. The van der Waals surface area contributed by atoms with Gasteiger partial charge in [-0.15, -0.1) is 0 Å². The van der Waals surface area contributed by atoms with Crippen molar-refractivity contribution in [2.45, 2.75) is 25.0 Å². The van der Waals surface area contributed by atoms with Gasteiger partial charge >= 0.3 is 0 Å². The Bertz CT molecular complexity index is 791. The van der Waals surface area contributed by atoms with Crippen molar-refractivity contribution in [2.24, 2.45) is 5.73 Å². The summed E-state index contributed by atoms with van der Waals surface area (Å²) in [5, 5.41) is 10.8. The van der Waals surface area contributed by atoms with Crippen LogP contribution in [-0.2, 0) is 9.47 Å². The minimum absolute atomic E-state index is 0.0212. The fourth-order valence-corrected chi connectivity index (χ4v) is 3.12. The molecule has 0 bridgehead atoms. The normalized spacial score (nSPS) is 20.8. The number of nitrogens with zero attached hydrogens (tertiary/aromatic N) is 1. The Morgan fingerprint density at radius 1 is 1.12 bits per heavy atom. The van der Waals surface area contributed by atoms with Gasteiger partial charge in [-0.05, 0) is 36.6 Å². The summed E-state index contributed by atoms with van der Waals surface area (Å²) >= 11 is 0. The number of rotatable bonds is 4. The molecule has 1 aliphatic heterocycles. The van der Waals surface area contributed by atoms with Crippen molar-refractivity contribution >= 4 is 11.6 Å². The molecule has 2 aromatic rings. The molecule has 1 fully saturated rings. The molecule has 26 heavy (non-hydrogen) atoms. The third-order valence-electron chi connectivity index (χ3n) is 4.46. The number of hydrogen-bond donors (Lipinski definition) is 1. The van der Waals surface area contributed by atoms with Crippen LogP contribution < -0.4 is 5.73 Å². The first-order valence-corrected chi connectivity index (χ1v) is 8.42. The van der Waals surface area contributed by atoms with Gasteiger partial charge in [0.05, 0.1) is 18.1 Å². The van der Waals surface area contributed by atoms with E-state index in [1.807, 2.05) is 12.1 Å². The number of non-ortho nitro benzene ring substituents is 1. The highest BCUT2D eigenvalue weighted by Gasteiger charge is 2.23. The van der Waals surface area contributed by atoms with Gasteiger partial charge in [-0.3, -0.25) is 14.9 Å². The van der Waals surface area contributed by atoms with Gasteiger partial charge in [0.1, 0.15) is 0 Å². The fourth-order valence-electron chi connectivity index (χ4n) is 3.12. The summed E-state index contributed by atoms with van der Waals surface area (Å²) in [6.45, 7) is 0.864. The van der Waals surface area contributed by atoms with Crippen molar-refractivity contribution in [3.8, 4) is 0 Å². The number of ether oxygens (including phenoxy) is 2. The second-order valence-electron chi connectivity index (χ2n) is 6.18. The average Bonchev–Trinajstić information content (AvgIpc) is 2.62. The lowest BCUT2D eigenvalue weighted by Gasteiger charge is -2.27. The Hall–Kier alpha value is -2.77. The van der Waals surface area contributed by atoms with Gasteiger partial charge in [0, 0.05) is 29.2 Å². The molecule has 0 saturated carbocycles. The molecular weight excluding hydrogens is 336 g/mol. The number of nitro benzene ring substituents is 1. The zero-order valence-corrected chi connectivity index (χ0v) is 14.2. The molecule has 1 aliphatic rings. The van der Waals surface area contributed by atoms with Gasteiger partial charge < -0.3 is 15.2 Å². The zero-order chi connectivity index (χ0) is 18.5. The lowest BCUT2D eigenvalue weighted by atomic mass is 9.90. The maximum Gasteiger partial charge on any atom is 0.269 e. The topological polar surface area (TPSA) is 105 Å². The summed E-state index contributed by atoms with van der Waals surface area (Å²) in [6.07, 6.45) is 1.03. The van der Waals surface area contributed by atoms with Gasteiger partial charge in [0.25, 0.3) is 5.69 Å². The maximum absolute atomic E-state index is 11.7. The first-order valence-electron chi connectivity index (χ1n) is 8.42. The summed E-state index contributed by atoms with van der Waals surface area (Å²) < 4.78 is 11.7. The molecule has 0 unspecified atom stereocenters. The van der Waals surface area contributed by atoms with Crippen molar-refractivity contribution < 1.29 is 19.2 Å². The molecule has 0 aliphatic carbocycles. The third kappa shape index (κ3) is 4.07. The second kappa shape index (κ2) is 8.07. The van der Waals surface area contributed by atoms with E-state index < -0.39 is 17.1 Å². The van der Waals surface area contributed by atoms with Crippen LogP contribution in [0.15, 0.2) is 48.5 Å². The van der Waals surface area contributed by atoms with E-state index in [0.717, 1.165) is 24.0 Å². The SMILES string of the molecule is NC(=O)c1ccccc1[C@H]1CCCO[C@H](c2ccc([N+](=O)[O-])cc2)OC1. The van der Waals surface area contributed by atoms with Gasteiger partial charge in [0.2, 0.25) is 5.91 Å². The Kier molecular flexibility index (Phi) is 5.60. The van der Waals surface area contributed by atoms with Crippen molar-refractivity contribution in [1.29, 1.82) is 0 Å².